The van der Waals surface area contributed by atoms with Gasteiger partial charge in [0.15, 0.2) is 0 Å². The number of hydrogen-bond acceptors (Lipinski definition) is 2. The highest BCUT2D eigenvalue weighted by atomic mass is 35.5. The van der Waals surface area contributed by atoms with Gasteiger partial charge in [-0.2, -0.15) is 0 Å². The van der Waals surface area contributed by atoms with Crippen LogP contribution < -0.4 is 10.6 Å². The zero-order valence-electron chi connectivity index (χ0n) is 11.4. The molecule has 1 aliphatic carbocycles. The van der Waals surface area contributed by atoms with Crippen LogP contribution in [0.3, 0.4) is 0 Å². The summed E-state index contributed by atoms with van der Waals surface area (Å²) in [4.78, 5) is 11.8. The second-order valence-electron chi connectivity index (χ2n) is 5.93. The lowest BCUT2D eigenvalue weighted by Gasteiger charge is -2.27. The van der Waals surface area contributed by atoms with Gasteiger partial charge in [0.25, 0.3) is 0 Å². The van der Waals surface area contributed by atoms with E-state index in [0.29, 0.717) is 6.04 Å². The molecule has 0 bridgehead atoms. The molecule has 2 N–H and O–H groups in total. The third-order valence-corrected chi connectivity index (χ3v) is 4.24. The van der Waals surface area contributed by atoms with Crippen molar-refractivity contribution >= 4 is 18.3 Å². The second kappa shape index (κ2) is 8.00. The molecule has 0 spiro atoms. The van der Waals surface area contributed by atoms with Gasteiger partial charge in [-0.05, 0) is 50.6 Å². The fourth-order valence-electron chi connectivity index (χ4n) is 3.16. The summed E-state index contributed by atoms with van der Waals surface area (Å²) in [5.74, 6) is 1.79. The van der Waals surface area contributed by atoms with E-state index >= 15 is 0 Å². The third-order valence-electron chi connectivity index (χ3n) is 4.24. The Morgan fingerprint density at radius 1 is 1.33 bits per heavy atom. The molecule has 1 saturated carbocycles. The standard InChI is InChI=1S/C14H26N2O.ClH/c1-11-3-2-4-13(9-11)16-14(17)6-5-12-7-8-15-10-12;/h11-13,15H,2-10H2,1H3,(H,16,17);1H. The molecule has 2 rings (SSSR count). The van der Waals surface area contributed by atoms with Crippen molar-refractivity contribution in [3.8, 4) is 0 Å². The van der Waals surface area contributed by atoms with Gasteiger partial charge in [0.1, 0.15) is 0 Å². The molecule has 3 nitrogen and oxygen atoms in total. The van der Waals surface area contributed by atoms with E-state index in [2.05, 4.69) is 17.6 Å². The zero-order valence-corrected chi connectivity index (χ0v) is 12.2. The molecule has 1 saturated heterocycles. The Labute approximate surface area is 117 Å². The summed E-state index contributed by atoms with van der Waals surface area (Å²) >= 11 is 0. The first-order chi connectivity index (χ1) is 8.24. The molecule has 2 fully saturated rings. The monoisotopic (exact) mass is 274 g/mol. The van der Waals surface area contributed by atoms with Crippen LogP contribution in [0.4, 0.5) is 0 Å². The lowest BCUT2D eigenvalue weighted by Crippen LogP contribution is -2.38. The van der Waals surface area contributed by atoms with Gasteiger partial charge in [0.2, 0.25) is 5.91 Å². The van der Waals surface area contributed by atoms with Crippen molar-refractivity contribution in [3.05, 3.63) is 0 Å². The van der Waals surface area contributed by atoms with Gasteiger partial charge in [-0.25, -0.2) is 0 Å². The fourth-order valence-corrected chi connectivity index (χ4v) is 3.16. The SMILES string of the molecule is CC1CCCC(NC(=O)CCC2CCNC2)C1.Cl. The summed E-state index contributed by atoms with van der Waals surface area (Å²) in [5, 5.41) is 6.57. The van der Waals surface area contributed by atoms with Crippen molar-refractivity contribution < 1.29 is 4.79 Å². The van der Waals surface area contributed by atoms with E-state index in [9.17, 15) is 4.79 Å². The Morgan fingerprint density at radius 2 is 2.17 bits per heavy atom. The highest BCUT2D eigenvalue weighted by molar-refractivity contribution is 5.85. The molecule has 1 amide bonds. The van der Waals surface area contributed by atoms with Crippen molar-refractivity contribution in [2.24, 2.45) is 11.8 Å². The molecule has 0 radical (unpaired) electrons. The number of carbonyl (C=O) groups excluding carboxylic acids is 1. The molecule has 4 heteroatoms. The average molecular weight is 275 g/mol. The minimum absolute atomic E-state index is 0. The van der Waals surface area contributed by atoms with Crippen LogP contribution in [0.25, 0.3) is 0 Å². The first-order valence-corrected chi connectivity index (χ1v) is 7.24. The van der Waals surface area contributed by atoms with Gasteiger partial charge in [-0.15, -0.1) is 12.4 Å². The van der Waals surface area contributed by atoms with Crippen molar-refractivity contribution in [2.75, 3.05) is 13.1 Å². The average Bonchev–Trinajstić information content (AvgIpc) is 2.79. The van der Waals surface area contributed by atoms with Gasteiger partial charge < -0.3 is 10.6 Å². The Morgan fingerprint density at radius 3 is 2.83 bits per heavy atom. The second-order valence-corrected chi connectivity index (χ2v) is 5.93. The molecule has 0 aromatic heterocycles. The molecule has 2 aliphatic rings. The molecular formula is C14H27ClN2O. The number of rotatable bonds is 4. The number of halogens is 1. The van der Waals surface area contributed by atoms with Crippen LogP contribution in [0.2, 0.25) is 0 Å². The van der Waals surface area contributed by atoms with E-state index in [1.54, 1.807) is 0 Å². The molecule has 106 valence electrons. The van der Waals surface area contributed by atoms with Crippen molar-refractivity contribution in [3.63, 3.8) is 0 Å². The number of carbonyl (C=O) groups is 1. The van der Waals surface area contributed by atoms with Crippen LogP contribution in [0.1, 0.15) is 51.9 Å². The maximum atomic E-state index is 11.8. The first kappa shape index (κ1) is 15.8. The quantitative estimate of drug-likeness (QED) is 0.827. The molecule has 0 aromatic rings. The normalized spacial score (nSPS) is 31.7. The summed E-state index contributed by atoms with van der Waals surface area (Å²) in [6, 6.07) is 0.452. The van der Waals surface area contributed by atoms with Gasteiger partial charge in [0.05, 0.1) is 0 Å². The number of nitrogens with one attached hydrogen (secondary N) is 2. The van der Waals surface area contributed by atoms with Gasteiger partial charge >= 0.3 is 0 Å². The van der Waals surface area contributed by atoms with Crippen molar-refractivity contribution in [2.45, 2.75) is 57.9 Å². The first-order valence-electron chi connectivity index (χ1n) is 7.24. The van der Waals surface area contributed by atoms with Crippen LogP contribution in [0, 0.1) is 11.8 Å². The van der Waals surface area contributed by atoms with E-state index < -0.39 is 0 Å². The highest BCUT2D eigenvalue weighted by Crippen LogP contribution is 2.23. The molecule has 1 aliphatic heterocycles. The lowest BCUT2D eigenvalue weighted by atomic mass is 9.87. The summed E-state index contributed by atoms with van der Waals surface area (Å²) in [6.07, 6.45) is 7.99. The van der Waals surface area contributed by atoms with Crippen LogP contribution in [-0.4, -0.2) is 25.0 Å². The minimum atomic E-state index is 0. The summed E-state index contributed by atoms with van der Waals surface area (Å²) in [5.41, 5.74) is 0. The van der Waals surface area contributed by atoms with Crippen LogP contribution >= 0.6 is 12.4 Å². The maximum absolute atomic E-state index is 11.8. The van der Waals surface area contributed by atoms with Crippen molar-refractivity contribution in [1.29, 1.82) is 0 Å². The Hall–Kier alpha value is -0.280. The smallest absolute Gasteiger partial charge is 0.220 e. The molecular weight excluding hydrogens is 248 g/mol. The zero-order chi connectivity index (χ0) is 12.1. The molecule has 1 heterocycles. The predicted molar refractivity (Wildman–Crippen MR) is 77.0 cm³/mol. The predicted octanol–water partition coefficient (Wildman–Crippen LogP) is 2.49. The summed E-state index contributed by atoms with van der Waals surface area (Å²) in [6.45, 7) is 4.53. The summed E-state index contributed by atoms with van der Waals surface area (Å²) < 4.78 is 0. The van der Waals surface area contributed by atoms with Gasteiger partial charge in [-0.1, -0.05) is 19.8 Å². The Bertz CT molecular complexity index is 254. The van der Waals surface area contributed by atoms with Gasteiger partial charge in [-0.3, -0.25) is 4.79 Å². The minimum Gasteiger partial charge on any atom is -0.353 e. The molecule has 3 unspecified atom stereocenters. The topological polar surface area (TPSA) is 41.1 Å². The van der Waals surface area contributed by atoms with Crippen molar-refractivity contribution in [1.82, 2.24) is 10.6 Å². The molecule has 0 aromatic carbocycles. The van der Waals surface area contributed by atoms with E-state index in [1.807, 2.05) is 0 Å². The lowest BCUT2D eigenvalue weighted by molar-refractivity contribution is -0.122. The third kappa shape index (κ3) is 5.15. The maximum Gasteiger partial charge on any atom is 0.220 e. The Kier molecular flexibility index (Phi) is 7.02. The van der Waals surface area contributed by atoms with E-state index in [-0.39, 0.29) is 18.3 Å². The van der Waals surface area contributed by atoms with Crippen LogP contribution in [0.15, 0.2) is 0 Å². The highest BCUT2D eigenvalue weighted by Gasteiger charge is 2.21. The molecule has 3 atom stereocenters. The molecule has 18 heavy (non-hydrogen) atoms. The number of hydrogen-bond donors (Lipinski definition) is 2. The Balaban J connectivity index is 0.00000162. The van der Waals surface area contributed by atoms with E-state index in [4.69, 9.17) is 0 Å². The van der Waals surface area contributed by atoms with Gasteiger partial charge in [0, 0.05) is 12.5 Å². The summed E-state index contributed by atoms with van der Waals surface area (Å²) in [7, 11) is 0. The van der Waals surface area contributed by atoms with E-state index in [0.717, 1.165) is 37.8 Å². The fraction of sp³-hybridized carbons (Fsp3) is 0.929. The largest absolute Gasteiger partial charge is 0.353 e. The van der Waals surface area contributed by atoms with E-state index in [1.165, 1.54) is 32.1 Å². The van der Waals surface area contributed by atoms with Crippen LogP contribution in [-0.2, 0) is 4.79 Å². The number of amides is 1. The van der Waals surface area contributed by atoms with Crippen LogP contribution in [0.5, 0.6) is 0 Å².